The Hall–Kier alpha value is -7.49. The molecule has 0 bridgehead atoms. The molecule has 0 spiro atoms. The van der Waals surface area contributed by atoms with Crippen LogP contribution in [0.15, 0.2) is 200 Å². The fourth-order valence-corrected chi connectivity index (χ4v) is 8.50. The Bertz CT molecular complexity index is 3240. The van der Waals surface area contributed by atoms with Gasteiger partial charge < -0.3 is 0 Å². The van der Waals surface area contributed by atoms with Gasteiger partial charge in [-0.1, -0.05) is 170 Å². The highest BCUT2D eigenvalue weighted by molar-refractivity contribution is 6.28. The molecule has 0 saturated carbocycles. The first kappa shape index (κ1) is 32.0. The maximum atomic E-state index is 5.27. The number of hydrogen-bond donors (Lipinski definition) is 0. The van der Waals surface area contributed by atoms with E-state index in [1.165, 1.54) is 59.8 Å². The predicted molar refractivity (Wildman–Crippen MR) is 234 cm³/mol. The monoisotopic (exact) mass is 711 g/mol. The van der Waals surface area contributed by atoms with Crippen LogP contribution in [0.4, 0.5) is 0 Å². The van der Waals surface area contributed by atoms with Crippen molar-refractivity contribution in [1.82, 2.24) is 15.0 Å². The van der Waals surface area contributed by atoms with Crippen molar-refractivity contribution in [2.75, 3.05) is 0 Å². The van der Waals surface area contributed by atoms with Crippen LogP contribution in [0.1, 0.15) is 0 Å². The van der Waals surface area contributed by atoms with Crippen LogP contribution in [0.3, 0.4) is 0 Å². The molecule has 2 aromatic heterocycles. The van der Waals surface area contributed by atoms with E-state index in [-0.39, 0.29) is 0 Å². The lowest BCUT2D eigenvalue weighted by atomic mass is 9.86. The van der Waals surface area contributed by atoms with E-state index >= 15 is 0 Å². The normalized spacial score (nSPS) is 11.6. The third kappa shape index (κ3) is 5.32. The minimum Gasteiger partial charge on any atom is -0.256 e. The van der Waals surface area contributed by atoms with Gasteiger partial charge in [0.15, 0.2) is 5.82 Å². The van der Waals surface area contributed by atoms with Gasteiger partial charge in [-0.25, -0.2) is 9.97 Å². The first-order valence-electron chi connectivity index (χ1n) is 19.0. The maximum absolute atomic E-state index is 5.27. The second-order valence-corrected chi connectivity index (χ2v) is 14.3. The molecule has 0 unspecified atom stereocenters. The minimum atomic E-state index is 0.677. The summed E-state index contributed by atoms with van der Waals surface area (Å²) in [6.07, 6.45) is 1.83. The van der Waals surface area contributed by atoms with Crippen molar-refractivity contribution in [3.63, 3.8) is 0 Å². The zero-order chi connectivity index (χ0) is 37.0. The van der Waals surface area contributed by atoms with Gasteiger partial charge >= 0.3 is 0 Å². The predicted octanol–water partition coefficient (Wildman–Crippen LogP) is 13.9. The fraction of sp³-hybridized carbons (Fsp3) is 0. The molecule has 0 aliphatic rings. The highest BCUT2D eigenvalue weighted by atomic mass is 14.9. The average Bonchev–Trinajstić information content (AvgIpc) is 3.28. The number of fused-ring (bicyclic) bond motifs is 1. The molecule has 0 aliphatic carbocycles. The number of hydrogen-bond acceptors (Lipinski definition) is 3. The molecule has 3 nitrogen and oxygen atoms in total. The summed E-state index contributed by atoms with van der Waals surface area (Å²) < 4.78 is 0. The summed E-state index contributed by atoms with van der Waals surface area (Å²) in [6, 6.07) is 69.1. The van der Waals surface area contributed by atoms with Crippen molar-refractivity contribution in [2.45, 2.75) is 0 Å². The van der Waals surface area contributed by atoms with E-state index in [0.29, 0.717) is 5.82 Å². The van der Waals surface area contributed by atoms with Crippen LogP contribution in [0.25, 0.3) is 111 Å². The summed E-state index contributed by atoms with van der Waals surface area (Å²) in [7, 11) is 0. The van der Waals surface area contributed by atoms with Gasteiger partial charge in [0.25, 0.3) is 0 Å². The molecular formula is C53H33N3. The summed E-state index contributed by atoms with van der Waals surface area (Å²) in [4.78, 5) is 15.2. The molecule has 11 aromatic rings. The molecular weight excluding hydrogens is 679 g/mol. The smallest absolute Gasteiger partial charge is 0.160 e. The quantitative estimate of drug-likeness (QED) is 0.161. The van der Waals surface area contributed by atoms with E-state index in [1.54, 1.807) is 0 Å². The van der Waals surface area contributed by atoms with Crippen molar-refractivity contribution in [1.29, 1.82) is 0 Å². The highest BCUT2D eigenvalue weighted by Crippen LogP contribution is 2.44. The van der Waals surface area contributed by atoms with Crippen molar-refractivity contribution < 1.29 is 0 Å². The van der Waals surface area contributed by atoms with Crippen LogP contribution in [0, 0.1) is 0 Å². The molecule has 3 heteroatoms. The minimum absolute atomic E-state index is 0.677. The molecule has 0 fully saturated rings. The fourth-order valence-electron chi connectivity index (χ4n) is 8.50. The summed E-state index contributed by atoms with van der Waals surface area (Å²) in [5.74, 6) is 0.677. The molecule has 0 aliphatic heterocycles. The second kappa shape index (κ2) is 13.1. The lowest BCUT2D eigenvalue weighted by molar-refractivity contribution is 1.18. The summed E-state index contributed by atoms with van der Waals surface area (Å²) in [6.45, 7) is 0. The number of rotatable bonds is 6. The number of pyridine rings is 1. The number of nitrogens with zero attached hydrogens (tertiary/aromatic N) is 3. The molecule has 0 atom stereocenters. The van der Waals surface area contributed by atoms with Crippen LogP contribution in [-0.4, -0.2) is 15.0 Å². The Morgan fingerprint density at radius 3 is 1.66 bits per heavy atom. The summed E-state index contributed by atoms with van der Waals surface area (Å²) in [5, 5.41) is 10.1. The molecule has 11 rings (SSSR count). The van der Waals surface area contributed by atoms with E-state index in [4.69, 9.17) is 9.97 Å². The zero-order valence-corrected chi connectivity index (χ0v) is 30.4. The Morgan fingerprint density at radius 1 is 0.286 bits per heavy atom. The average molecular weight is 712 g/mol. The topological polar surface area (TPSA) is 38.7 Å². The van der Waals surface area contributed by atoms with E-state index in [0.717, 1.165) is 44.9 Å². The van der Waals surface area contributed by atoms with Gasteiger partial charge in [-0.2, -0.15) is 0 Å². The molecule has 9 aromatic carbocycles. The maximum Gasteiger partial charge on any atom is 0.160 e. The van der Waals surface area contributed by atoms with Gasteiger partial charge in [-0.3, -0.25) is 4.98 Å². The van der Waals surface area contributed by atoms with Crippen LogP contribution < -0.4 is 0 Å². The molecule has 0 saturated heterocycles. The van der Waals surface area contributed by atoms with Crippen LogP contribution in [-0.2, 0) is 0 Å². The lowest BCUT2D eigenvalue weighted by Gasteiger charge is -2.17. The first-order chi connectivity index (χ1) is 27.8. The van der Waals surface area contributed by atoms with Crippen LogP contribution in [0.2, 0.25) is 0 Å². The first-order valence-corrected chi connectivity index (χ1v) is 19.0. The van der Waals surface area contributed by atoms with E-state index in [9.17, 15) is 0 Å². The van der Waals surface area contributed by atoms with E-state index in [2.05, 4.69) is 175 Å². The third-order valence-corrected chi connectivity index (χ3v) is 11.1. The zero-order valence-electron chi connectivity index (χ0n) is 30.4. The second-order valence-electron chi connectivity index (χ2n) is 14.3. The van der Waals surface area contributed by atoms with Crippen LogP contribution in [0.5, 0.6) is 0 Å². The Morgan fingerprint density at radius 2 is 0.857 bits per heavy atom. The molecule has 0 N–H and O–H groups in total. The molecule has 260 valence electrons. The van der Waals surface area contributed by atoms with Gasteiger partial charge in [-0.05, 0) is 89.6 Å². The number of aromatic nitrogens is 3. The molecule has 56 heavy (non-hydrogen) atoms. The summed E-state index contributed by atoms with van der Waals surface area (Å²) >= 11 is 0. The number of benzene rings is 9. The Labute approximate surface area is 324 Å². The van der Waals surface area contributed by atoms with Gasteiger partial charge in [0.05, 0.1) is 17.1 Å². The van der Waals surface area contributed by atoms with Gasteiger partial charge in [-0.15, -0.1) is 0 Å². The van der Waals surface area contributed by atoms with Crippen molar-refractivity contribution in [2.24, 2.45) is 0 Å². The van der Waals surface area contributed by atoms with Crippen molar-refractivity contribution >= 4 is 43.1 Å². The van der Waals surface area contributed by atoms with Crippen molar-refractivity contribution in [3.05, 3.63) is 200 Å². The van der Waals surface area contributed by atoms with Crippen molar-refractivity contribution in [3.8, 4) is 67.4 Å². The molecule has 0 radical (unpaired) electrons. The lowest BCUT2D eigenvalue weighted by Crippen LogP contribution is -1.97. The van der Waals surface area contributed by atoms with E-state index < -0.39 is 0 Å². The summed E-state index contributed by atoms with van der Waals surface area (Å²) in [5.41, 5.74) is 11.5. The van der Waals surface area contributed by atoms with Crippen LogP contribution >= 0.6 is 0 Å². The SMILES string of the molecule is c1ccc(-c2cc(-c3ccccc3-c3ccccn3)nc(-c3cccc(-c4ccc5ccc6c(-c7cccc8ccccc78)ccc7ccc4c5c76)c3)n2)cc1. The largest absolute Gasteiger partial charge is 0.256 e. The van der Waals surface area contributed by atoms with Gasteiger partial charge in [0, 0.05) is 28.5 Å². The highest BCUT2D eigenvalue weighted by Gasteiger charge is 2.18. The van der Waals surface area contributed by atoms with Gasteiger partial charge in [0.2, 0.25) is 0 Å². The Kier molecular flexibility index (Phi) is 7.49. The molecule has 2 heterocycles. The van der Waals surface area contributed by atoms with Gasteiger partial charge in [0.1, 0.15) is 0 Å². The third-order valence-electron chi connectivity index (χ3n) is 11.1. The Balaban J connectivity index is 1.08. The molecule has 0 amide bonds. The standard InChI is InChI=1S/C53H33N3/c1-2-13-35(14-3-1)49-33-50(45-20-7-6-19-44(45)48-22-8-9-31-54-48)56-53(55-49)39-17-10-16-38(32-39)41-27-23-36-26-30-47-43(28-24-37-25-29-46(41)51(36)52(37)47)42-21-11-15-34-12-4-5-18-40(34)42/h1-33H. The van der Waals surface area contributed by atoms with E-state index in [1.807, 2.05) is 30.5 Å².